The van der Waals surface area contributed by atoms with Crippen LogP contribution >= 0.6 is 11.6 Å². The van der Waals surface area contributed by atoms with Crippen molar-refractivity contribution >= 4 is 34.9 Å². The van der Waals surface area contributed by atoms with Crippen LogP contribution in [0.4, 0.5) is 0 Å². The molecule has 0 aliphatic rings. The van der Waals surface area contributed by atoms with Gasteiger partial charge in [0.05, 0.1) is 0 Å². The summed E-state index contributed by atoms with van der Waals surface area (Å²) in [6, 6.07) is 23.8. The van der Waals surface area contributed by atoms with Gasteiger partial charge in [-0.3, -0.25) is 0 Å². The number of rotatable bonds is 3. The molecular weight excluding hydrogens is 318 g/mol. The Bertz CT molecular complexity index is 1000. The van der Waals surface area contributed by atoms with Crippen molar-refractivity contribution in [3.8, 4) is 11.5 Å². The molecule has 0 spiro atoms. The summed E-state index contributed by atoms with van der Waals surface area (Å²) in [5.74, 6) is 0.603. The molecule has 4 rings (SSSR count). The van der Waals surface area contributed by atoms with Gasteiger partial charge in [-0.05, 0) is 41.5 Å². The summed E-state index contributed by atoms with van der Waals surface area (Å²) < 4.78 is 5.79. The Morgan fingerprint density at radius 1 is 0.792 bits per heavy atom. The number of nitrogens with zero attached hydrogens (tertiary/aromatic N) is 1. The third kappa shape index (κ3) is 3.10. The largest absolute Gasteiger partial charge is 0.436 e. The highest BCUT2D eigenvalue weighted by Crippen LogP contribution is 2.26. The van der Waals surface area contributed by atoms with E-state index in [0.717, 1.165) is 22.2 Å². The molecule has 3 heteroatoms. The van der Waals surface area contributed by atoms with Crippen molar-refractivity contribution in [2.75, 3.05) is 0 Å². The van der Waals surface area contributed by atoms with Crippen LogP contribution in [-0.4, -0.2) is 4.98 Å². The number of hydrogen-bond acceptors (Lipinski definition) is 2. The minimum atomic E-state index is 0.603. The summed E-state index contributed by atoms with van der Waals surface area (Å²) in [5.41, 5.74) is 4.76. The maximum absolute atomic E-state index is 5.99. The topological polar surface area (TPSA) is 26.0 Å². The molecule has 0 atom stereocenters. The van der Waals surface area contributed by atoms with Gasteiger partial charge in [-0.15, -0.1) is 0 Å². The van der Waals surface area contributed by atoms with Crippen LogP contribution in [0.5, 0.6) is 0 Å². The smallest absolute Gasteiger partial charge is 0.227 e. The predicted octanol–water partition coefficient (Wildman–Crippen LogP) is 6.32. The highest BCUT2D eigenvalue weighted by Gasteiger charge is 2.08. The first-order chi connectivity index (χ1) is 11.8. The van der Waals surface area contributed by atoms with Crippen LogP contribution in [0.25, 0.3) is 34.7 Å². The zero-order chi connectivity index (χ0) is 16.4. The third-order valence-corrected chi connectivity index (χ3v) is 4.01. The second kappa shape index (κ2) is 6.34. The van der Waals surface area contributed by atoms with Gasteiger partial charge in [0.1, 0.15) is 5.52 Å². The van der Waals surface area contributed by atoms with Crippen molar-refractivity contribution in [2.24, 2.45) is 0 Å². The monoisotopic (exact) mass is 331 g/mol. The third-order valence-electron chi connectivity index (χ3n) is 3.78. The molecule has 0 radical (unpaired) electrons. The van der Waals surface area contributed by atoms with Gasteiger partial charge >= 0.3 is 0 Å². The molecule has 0 unspecified atom stereocenters. The fourth-order valence-corrected chi connectivity index (χ4v) is 2.68. The number of hydrogen-bond donors (Lipinski definition) is 0. The Labute approximate surface area is 145 Å². The second-order valence-electron chi connectivity index (χ2n) is 5.50. The van der Waals surface area contributed by atoms with Crippen molar-refractivity contribution < 1.29 is 4.42 Å². The quantitative estimate of drug-likeness (QED) is 0.410. The average molecular weight is 332 g/mol. The molecule has 4 aromatic rings. The summed E-state index contributed by atoms with van der Waals surface area (Å²) >= 11 is 5.99. The van der Waals surface area contributed by atoms with E-state index >= 15 is 0 Å². The van der Waals surface area contributed by atoms with Crippen molar-refractivity contribution in [3.05, 3.63) is 88.9 Å². The van der Waals surface area contributed by atoms with Gasteiger partial charge in [0.15, 0.2) is 5.58 Å². The van der Waals surface area contributed by atoms with Crippen molar-refractivity contribution in [1.29, 1.82) is 0 Å². The van der Waals surface area contributed by atoms with E-state index in [-0.39, 0.29) is 0 Å². The van der Waals surface area contributed by atoms with E-state index in [1.165, 1.54) is 5.56 Å². The lowest BCUT2D eigenvalue weighted by Crippen LogP contribution is -1.78. The van der Waals surface area contributed by atoms with Gasteiger partial charge in [0.2, 0.25) is 5.89 Å². The van der Waals surface area contributed by atoms with Crippen molar-refractivity contribution in [2.45, 2.75) is 0 Å². The highest BCUT2D eigenvalue weighted by atomic mass is 35.5. The first-order valence-corrected chi connectivity index (χ1v) is 8.05. The lowest BCUT2D eigenvalue weighted by molar-refractivity contribution is 0.620. The van der Waals surface area contributed by atoms with Crippen LogP contribution in [0, 0.1) is 0 Å². The summed E-state index contributed by atoms with van der Waals surface area (Å²) in [6.07, 6.45) is 4.18. The van der Waals surface area contributed by atoms with Crippen LogP contribution < -0.4 is 0 Å². The zero-order valence-corrected chi connectivity index (χ0v) is 13.6. The van der Waals surface area contributed by atoms with Crippen LogP contribution in [0.15, 0.2) is 77.2 Å². The summed E-state index contributed by atoms with van der Waals surface area (Å²) in [5, 5.41) is 0.656. The van der Waals surface area contributed by atoms with E-state index in [4.69, 9.17) is 16.0 Å². The number of benzene rings is 3. The number of halogens is 1. The number of fused-ring (bicyclic) bond motifs is 1. The van der Waals surface area contributed by atoms with Gasteiger partial charge in [-0.25, -0.2) is 4.98 Å². The summed E-state index contributed by atoms with van der Waals surface area (Å²) in [4.78, 5) is 4.50. The lowest BCUT2D eigenvalue weighted by atomic mass is 10.1. The Kier molecular flexibility index (Phi) is 3.89. The van der Waals surface area contributed by atoms with E-state index in [9.17, 15) is 0 Å². The van der Waals surface area contributed by atoms with E-state index in [1.807, 2.05) is 36.4 Å². The normalized spacial score (nSPS) is 11.4. The molecule has 0 saturated carbocycles. The molecule has 1 aromatic heterocycles. The summed E-state index contributed by atoms with van der Waals surface area (Å²) in [6.45, 7) is 0. The molecule has 116 valence electrons. The Morgan fingerprint density at radius 3 is 2.25 bits per heavy atom. The Hall–Kier alpha value is -2.84. The molecule has 0 N–H and O–H groups in total. The van der Waals surface area contributed by atoms with Crippen LogP contribution in [0.2, 0.25) is 5.02 Å². The van der Waals surface area contributed by atoms with E-state index < -0.39 is 0 Å². The van der Waals surface area contributed by atoms with E-state index in [2.05, 4.69) is 41.4 Å². The maximum Gasteiger partial charge on any atom is 0.227 e. The van der Waals surface area contributed by atoms with Gasteiger partial charge < -0.3 is 4.42 Å². The molecule has 2 nitrogen and oxygen atoms in total. The highest BCUT2D eigenvalue weighted by molar-refractivity contribution is 6.31. The zero-order valence-electron chi connectivity index (χ0n) is 12.8. The molecule has 24 heavy (non-hydrogen) atoms. The van der Waals surface area contributed by atoms with Gasteiger partial charge in [-0.1, -0.05) is 66.2 Å². The fourth-order valence-electron chi connectivity index (χ4n) is 2.52. The Balaban J connectivity index is 1.59. The van der Waals surface area contributed by atoms with E-state index in [0.29, 0.717) is 10.9 Å². The Morgan fingerprint density at radius 2 is 1.50 bits per heavy atom. The first-order valence-electron chi connectivity index (χ1n) is 7.68. The molecule has 0 fully saturated rings. The van der Waals surface area contributed by atoms with Gasteiger partial charge in [0.25, 0.3) is 0 Å². The molecule has 0 saturated heterocycles. The lowest BCUT2D eigenvalue weighted by Gasteiger charge is -1.97. The first kappa shape index (κ1) is 14.7. The molecule has 0 aliphatic carbocycles. The second-order valence-corrected chi connectivity index (χ2v) is 5.93. The minimum absolute atomic E-state index is 0.603. The molecule has 0 aliphatic heterocycles. The van der Waals surface area contributed by atoms with E-state index in [1.54, 1.807) is 12.1 Å². The molecule has 0 bridgehead atoms. The minimum Gasteiger partial charge on any atom is -0.436 e. The number of oxazole rings is 1. The molecular formula is C21H14ClNO. The van der Waals surface area contributed by atoms with Crippen LogP contribution in [0.1, 0.15) is 11.1 Å². The van der Waals surface area contributed by atoms with Crippen molar-refractivity contribution in [1.82, 2.24) is 4.98 Å². The SMILES string of the molecule is Clc1ccc2oc(-c3ccc(/C=C/c4ccccc4)cc3)nc2c1. The molecule has 3 aromatic carbocycles. The summed E-state index contributed by atoms with van der Waals surface area (Å²) in [7, 11) is 0. The van der Waals surface area contributed by atoms with Gasteiger partial charge in [0, 0.05) is 10.6 Å². The predicted molar refractivity (Wildman–Crippen MR) is 99.8 cm³/mol. The average Bonchev–Trinajstić information content (AvgIpc) is 3.04. The van der Waals surface area contributed by atoms with Crippen LogP contribution in [0.3, 0.4) is 0 Å². The van der Waals surface area contributed by atoms with Crippen LogP contribution in [-0.2, 0) is 0 Å². The molecule has 0 amide bonds. The number of aromatic nitrogens is 1. The van der Waals surface area contributed by atoms with Crippen molar-refractivity contribution in [3.63, 3.8) is 0 Å². The fraction of sp³-hybridized carbons (Fsp3) is 0. The maximum atomic E-state index is 5.99. The van der Waals surface area contributed by atoms with Gasteiger partial charge in [-0.2, -0.15) is 0 Å². The standard InChI is InChI=1S/C21H14ClNO/c22-18-12-13-20-19(14-18)23-21(24-20)17-10-8-16(9-11-17)7-6-15-4-2-1-3-5-15/h1-14H/b7-6+. The molecule has 1 heterocycles.